The zero-order chi connectivity index (χ0) is 18.9. The van der Waals surface area contributed by atoms with Crippen molar-refractivity contribution in [3.05, 3.63) is 57.9 Å². The molecule has 0 saturated carbocycles. The molecule has 1 aromatic carbocycles. The van der Waals surface area contributed by atoms with Crippen LogP contribution in [0.15, 0.2) is 46.8 Å². The average Bonchev–Trinajstić information content (AvgIpc) is 2.52. The third kappa shape index (κ3) is 3.38. The predicted octanol–water partition coefficient (Wildman–Crippen LogP) is 2.60. The molecule has 25 heavy (non-hydrogen) atoms. The number of halogens is 3. The third-order valence-corrected chi connectivity index (χ3v) is 4.01. The zero-order valence-electron chi connectivity index (χ0n) is 13.8. The first-order chi connectivity index (χ1) is 11.6. The molecule has 1 amide bonds. The van der Waals surface area contributed by atoms with Crippen LogP contribution < -0.4 is 11.1 Å². The van der Waals surface area contributed by atoms with E-state index in [1.807, 2.05) is 0 Å². The van der Waals surface area contributed by atoms with Gasteiger partial charge in [-0.1, -0.05) is 18.2 Å². The second-order valence-electron chi connectivity index (χ2n) is 5.58. The number of hydrogen-bond acceptors (Lipinski definition) is 4. The van der Waals surface area contributed by atoms with Gasteiger partial charge in [0.2, 0.25) is 5.91 Å². The van der Waals surface area contributed by atoms with Crippen LogP contribution in [-0.4, -0.2) is 19.0 Å². The van der Waals surface area contributed by atoms with E-state index in [9.17, 15) is 22.8 Å². The number of ether oxygens (including phenoxy) is 1. The van der Waals surface area contributed by atoms with Crippen LogP contribution in [0.2, 0.25) is 0 Å². The van der Waals surface area contributed by atoms with Crippen molar-refractivity contribution in [2.24, 2.45) is 5.73 Å². The summed E-state index contributed by atoms with van der Waals surface area (Å²) in [5.74, 6) is -3.02. The summed E-state index contributed by atoms with van der Waals surface area (Å²) >= 11 is 0. The molecule has 0 saturated heterocycles. The van der Waals surface area contributed by atoms with E-state index in [-0.39, 0.29) is 16.7 Å². The number of methoxy groups -OCH3 is 1. The number of primary amides is 1. The van der Waals surface area contributed by atoms with Gasteiger partial charge in [0.15, 0.2) is 0 Å². The van der Waals surface area contributed by atoms with Crippen molar-refractivity contribution >= 4 is 11.9 Å². The highest BCUT2D eigenvalue weighted by Crippen LogP contribution is 2.43. The van der Waals surface area contributed by atoms with Gasteiger partial charge in [-0.15, -0.1) is 0 Å². The van der Waals surface area contributed by atoms with Crippen molar-refractivity contribution < 1.29 is 27.5 Å². The lowest BCUT2D eigenvalue weighted by atomic mass is 9.78. The Labute approximate surface area is 142 Å². The molecule has 5 nitrogen and oxygen atoms in total. The van der Waals surface area contributed by atoms with Gasteiger partial charge in [-0.25, -0.2) is 4.79 Å². The Balaban J connectivity index is 2.82. The number of dihydropyridines is 1. The molecule has 0 bridgehead atoms. The Kier molecular flexibility index (Phi) is 4.92. The van der Waals surface area contributed by atoms with E-state index in [4.69, 9.17) is 10.5 Å². The van der Waals surface area contributed by atoms with Crippen LogP contribution in [0.1, 0.15) is 30.9 Å². The first-order valence-corrected chi connectivity index (χ1v) is 7.32. The van der Waals surface area contributed by atoms with Gasteiger partial charge in [-0.2, -0.15) is 13.2 Å². The van der Waals surface area contributed by atoms with Gasteiger partial charge in [0.25, 0.3) is 0 Å². The maximum Gasteiger partial charge on any atom is 0.416 e. The largest absolute Gasteiger partial charge is 0.466 e. The number of carbonyl (C=O) groups excluding carboxylic acids is 2. The van der Waals surface area contributed by atoms with Gasteiger partial charge >= 0.3 is 12.1 Å². The summed E-state index contributed by atoms with van der Waals surface area (Å²) in [4.78, 5) is 24.2. The van der Waals surface area contributed by atoms with E-state index in [0.29, 0.717) is 11.4 Å². The maximum atomic E-state index is 13.5. The lowest BCUT2D eigenvalue weighted by molar-refractivity contribution is -0.139. The highest BCUT2D eigenvalue weighted by Gasteiger charge is 2.42. The lowest BCUT2D eigenvalue weighted by Gasteiger charge is -2.31. The first-order valence-electron chi connectivity index (χ1n) is 7.32. The Hall–Kier alpha value is -2.77. The number of alkyl halides is 3. The number of nitrogens with one attached hydrogen (secondary N) is 1. The van der Waals surface area contributed by atoms with Crippen LogP contribution >= 0.6 is 0 Å². The van der Waals surface area contributed by atoms with E-state index in [0.717, 1.165) is 13.2 Å². The lowest BCUT2D eigenvalue weighted by Crippen LogP contribution is -2.34. The van der Waals surface area contributed by atoms with Crippen molar-refractivity contribution in [2.45, 2.75) is 25.9 Å². The van der Waals surface area contributed by atoms with Crippen LogP contribution in [0.5, 0.6) is 0 Å². The molecule has 1 atom stereocenters. The smallest absolute Gasteiger partial charge is 0.416 e. The topological polar surface area (TPSA) is 81.4 Å². The zero-order valence-corrected chi connectivity index (χ0v) is 13.8. The van der Waals surface area contributed by atoms with Crippen LogP contribution in [0.4, 0.5) is 13.2 Å². The number of rotatable bonds is 3. The Morgan fingerprint density at radius 1 is 1.12 bits per heavy atom. The number of nitrogens with two attached hydrogens (primary N) is 1. The Morgan fingerprint density at radius 3 is 2.20 bits per heavy atom. The van der Waals surface area contributed by atoms with Crippen molar-refractivity contribution in [3.63, 3.8) is 0 Å². The van der Waals surface area contributed by atoms with Gasteiger partial charge in [-0.05, 0) is 25.5 Å². The molecular formula is C17H17F3N2O3. The molecule has 1 unspecified atom stereocenters. The Bertz CT molecular complexity index is 795. The number of esters is 1. The number of allylic oxidation sites excluding steroid dienone is 2. The summed E-state index contributed by atoms with van der Waals surface area (Å²) in [6.45, 7) is 3.04. The minimum absolute atomic E-state index is 0.0846. The van der Waals surface area contributed by atoms with Crippen LogP contribution in [0.25, 0.3) is 0 Å². The molecule has 134 valence electrons. The number of carbonyl (C=O) groups is 2. The SMILES string of the molecule is COC(=O)C1=C(C)NC(C)=C(C(N)=O)C1c1ccccc1C(F)(F)F. The molecule has 1 aliphatic rings. The monoisotopic (exact) mass is 354 g/mol. The van der Waals surface area contributed by atoms with Crippen molar-refractivity contribution in [3.8, 4) is 0 Å². The fourth-order valence-electron chi connectivity index (χ4n) is 3.02. The quantitative estimate of drug-likeness (QED) is 0.818. The molecule has 8 heteroatoms. The number of benzene rings is 1. The molecule has 0 aromatic heterocycles. The molecular weight excluding hydrogens is 337 g/mol. The summed E-state index contributed by atoms with van der Waals surface area (Å²) in [6.07, 6.45) is -4.66. The van der Waals surface area contributed by atoms with Gasteiger partial charge in [0.1, 0.15) is 0 Å². The molecule has 0 radical (unpaired) electrons. The van der Waals surface area contributed by atoms with E-state index in [1.165, 1.54) is 32.0 Å². The minimum atomic E-state index is -4.66. The molecule has 1 aliphatic heterocycles. The maximum absolute atomic E-state index is 13.5. The summed E-state index contributed by atoms with van der Waals surface area (Å²) in [5.41, 5.74) is 4.63. The highest BCUT2D eigenvalue weighted by molar-refractivity contribution is 6.01. The molecule has 3 N–H and O–H groups in total. The summed E-state index contributed by atoms with van der Waals surface area (Å²) in [7, 11) is 1.12. The second-order valence-corrected chi connectivity index (χ2v) is 5.58. The van der Waals surface area contributed by atoms with E-state index < -0.39 is 29.5 Å². The number of hydrogen-bond donors (Lipinski definition) is 2. The standard InChI is InChI=1S/C17H17F3N2O3/c1-8-12(15(21)23)14(13(9(2)22-8)16(24)25-3)10-6-4-5-7-11(10)17(18,19)20/h4-7,14,22H,1-3H3,(H2,21,23). The molecule has 1 heterocycles. The number of amides is 1. The fourth-order valence-corrected chi connectivity index (χ4v) is 3.02. The van der Waals surface area contributed by atoms with Crippen LogP contribution in [0.3, 0.4) is 0 Å². The third-order valence-electron chi connectivity index (χ3n) is 4.01. The van der Waals surface area contributed by atoms with E-state index >= 15 is 0 Å². The molecule has 1 aromatic rings. The van der Waals surface area contributed by atoms with Gasteiger partial charge in [-0.3, -0.25) is 4.79 Å². The van der Waals surface area contributed by atoms with Crippen molar-refractivity contribution in [1.29, 1.82) is 0 Å². The summed E-state index contributed by atoms with van der Waals surface area (Å²) in [5, 5.41) is 2.81. The minimum Gasteiger partial charge on any atom is -0.466 e. The fraction of sp³-hybridized carbons (Fsp3) is 0.294. The van der Waals surface area contributed by atoms with Gasteiger partial charge < -0.3 is 15.8 Å². The second kappa shape index (κ2) is 6.62. The average molecular weight is 354 g/mol. The van der Waals surface area contributed by atoms with E-state index in [1.54, 1.807) is 0 Å². The first kappa shape index (κ1) is 18.6. The van der Waals surface area contributed by atoms with Gasteiger partial charge in [0.05, 0.1) is 24.2 Å². The van der Waals surface area contributed by atoms with E-state index in [2.05, 4.69) is 5.32 Å². The molecule has 0 fully saturated rings. The van der Waals surface area contributed by atoms with Crippen LogP contribution in [-0.2, 0) is 20.5 Å². The van der Waals surface area contributed by atoms with Crippen molar-refractivity contribution in [1.82, 2.24) is 5.32 Å². The highest BCUT2D eigenvalue weighted by atomic mass is 19.4. The summed E-state index contributed by atoms with van der Waals surface area (Å²) in [6, 6.07) is 4.77. The molecule has 0 spiro atoms. The summed E-state index contributed by atoms with van der Waals surface area (Å²) < 4.78 is 45.1. The normalized spacial score (nSPS) is 18.1. The van der Waals surface area contributed by atoms with Crippen molar-refractivity contribution in [2.75, 3.05) is 7.11 Å². The predicted molar refractivity (Wildman–Crippen MR) is 83.9 cm³/mol. The molecule has 2 rings (SSSR count). The van der Waals surface area contributed by atoms with Gasteiger partial charge in [0, 0.05) is 17.0 Å². The van der Waals surface area contributed by atoms with Crippen LogP contribution in [0, 0.1) is 0 Å². The Morgan fingerprint density at radius 2 is 1.68 bits per heavy atom. The molecule has 0 aliphatic carbocycles.